The number of nitrogens with zero attached hydrogens (tertiary/aromatic N) is 4. The number of hydrogen-bond acceptors (Lipinski definition) is 3. The molecule has 1 fully saturated rings. The number of hydrogen-bond donors (Lipinski definition) is 0. The predicted molar refractivity (Wildman–Crippen MR) is 96.9 cm³/mol. The molecule has 2 heterocycles. The number of halogens is 1. The van der Waals surface area contributed by atoms with E-state index in [4.69, 9.17) is 0 Å². The van der Waals surface area contributed by atoms with E-state index in [9.17, 15) is 9.18 Å². The zero-order valence-corrected chi connectivity index (χ0v) is 14.9. The van der Waals surface area contributed by atoms with Crippen LogP contribution in [0.4, 0.5) is 10.1 Å². The summed E-state index contributed by atoms with van der Waals surface area (Å²) in [6.45, 7) is 6.74. The van der Waals surface area contributed by atoms with Gasteiger partial charge in [0.2, 0.25) is 5.91 Å². The van der Waals surface area contributed by atoms with Crippen LogP contribution in [-0.4, -0.2) is 46.8 Å². The van der Waals surface area contributed by atoms with E-state index in [2.05, 4.69) is 10.00 Å². The highest BCUT2D eigenvalue weighted by Gasteiger charge is 2.20. The molecule has 0 saturated carbocycles. The number of aromatic nitrogens is 2. The first-order valence-corrected chi connectivity index (χ1v) is 8.43. The average Bonchev–Trinajstić information content (AvgIpc) is 2.86. The lowest BCUT2D eigenvalue weighted by atomic mass is 10.1. The molecule has 2 aromatic rings. The zero-order chi connectivity index (χ0) is 18.0. The third kappa shape index (κ3) is 3.73. The van der Waals surface area contributed by atoms with Crippen molar-refractivity contribution in [3.63, 3.8) is 0 Å². The fourth-order valence-electron chi connectivity index (χ4n) is 3.13. The number of amides is 1. The highest BCUT2D eigenvalue weighted by atomic mass is 19.1. The second-order valence-corrected chi connectivity index (χ2v) is 6.33. The van der Waals surface area contributed by atoms with Crippen LogP contribution in [0, 0.1) is 19.7 Å². The minimum Gasteiger partial charge on any atom is -0.368 e. The van der Waals surface area contributed by atoms with Gasteiger partial charge in [-0.1, -0.05) is 0 Å². The van der Waals surface area contributed by atoms with Gasteiger partial charge in [-0.15, -0.1) is 0 Å². The Morgan fingerprint density at radius 1 is 1.12 bits per heavy atom. The van der Waals surface area contributed by atoms with E-state index in [1.165, 1.54) is 12.1 Å². The summed E-state index contributed by atoms with van der Waals surface area (Å²) in [5.41, 5.74) is 3.96. The van der Waals surface area contributed by atoms with Crippen LogP contribution >= 0.6 is 0 Å². The molecule has 25 heavy (non-hydrogen) atoms. The highest BCUT2D eigenvalue weighted by molar-refractivity contribution is 5.92. The Bertz CT molecular complexity index is 787. The molecule has 1 aliphatic rings. The fourth-order valence-corrected chi connectivity index (χ4v) is 3.13. The first kappa shape index (κ1) is 17.2. The van der Waals surface area contributed by atoms with E-state index >= 15 is 0 Å². The number of carbonyl (C=O) groups excluding carboxylic acids is 1. The molecule has 0 bridgehead atoms. The summed E-state index contributed by atoms with van der Waals surface area (Å²) < 4.78 is 14.8. The van der Waals surface area contributed by atoms with Gasteiger partial charge in [0.25, 0.3) is 0 Å². The van der Waals surface area contributed by atoms with Crippen LogP contribution in [-0.2, 0) is 11.8 Å². The first-order valence-electron chi connectivity index (χ1n) is 8.43. The lowest BCUT2D eigenvalue weighted by Gasteiger charge is -2.35. The van der Waals surface area contributed by atoms with Gasteiger partial charge in [0.15, 0.2) is 0 Å². The molecular weight excluding hydrogens is 319 g/mol. The van der Waals surface area contributed by atoms with Crippen LogP contribution in [0.1, 0.15) is 17.0 Å². The van der Waals surface area contributed by atoms with Gasteiger partial charge in [0, 0.05) is 56.2 Å². The highest BCUT2D eigenvalue weighted by Crippen LogP contribution is 2.18. The molecule has 0 unspecified atom stereocenters. The summed E-state index contributed by atoms with van der Waals surface area (Å²) in [6.07, 6.45) is 3.48. The SMILES string of the molecule is Cc1nn(C)c(C)c1/C=C/C(=O)N1CCN(c2ccc(F)cc2)CC1. The number of benzene rings is 1. The van der Waals surface area contributed by atoms with Gasteiger partial charge in [-0.2, -0.15) is 5.10 Å². The molecule has 6 heteroatoms. The van der Waals surface area contributed by atoms with Crippen molar-refractivity contribution >= 4 is 17.7 Å². The molecule has 0 atom stereocenters. The summed E-state index contributed by atoms with van der Waals surface area (Å²) in [5, 5.41) is 4.36. The van der Waals surface area contributed by atoms with Gasteiger partial charge in [-0.25, -0.2) is 4.39 Å². The van der Waals surface area contributed by atoms with Crippen molar-refractivity contribution in [3.8, 4) is 0 Å². The van der Waals surface area contributed by atoms with Gasteiger partial charge in [-0.3, -0.25) is 9.48 Å². The van der Waals surface area contributed by atoms with Gasteiger partial charge < -0.3 is 9.80 Å². The second kappa shape index (κ2) is 7.09. The van der Waals surface area contributed by atoms with Gasteiger partial charge in [-0.05, 0) is 44.2 Å². The Morgan fingerprint density at radius 3 is 2.32 bits per heavy atom. The maximum atomic E-state index is 13.0. The van der Waals surface area contributed by atoms with Crippen molar-refractivity contribution in [3.05, 3.63) is 53.1 Å². The van der Waals surface area contributed by atoms with Crippen LogP contribution in [0.25, 0.3) is 6.08 Å². The maximum absolute atomic E-state index is 13.0. The Labute approximate surface area is 147 Å². The van der Waals surface area contributed by atoms with Gasteiger partial charge >= 0.3 is 0 Å². The van der Waals surface area contributed by atoms with Crippen molar-refractivity contribution in [2.45, 2.75) is 13.8 Å². The van der Waals surface area contributed by atoms with Crippen molar-refractivity contribution in [2.75, 3.05) is 31.1 Å². The van der Waals surface area contributed by atoms with Crippen LogP contribution in [0.3, 0.4) is 0 Å². The molecule has 0 radical (unpaired) electrons. The molecule has 0 aliphatic carbocycles. The van der Waals surface area contributed by atoms with Crippen molar-refractivity contribution in [1.29, 1.82) is 0 Å². The van der Waals surface area contributed by atoms with E-state index in [1.807, 2.05) is 36.6 Å². The molecule has 1 saturated heterocycles. The monoisotopic (exact) mass is 342 g/mol. The minimum atomic E-state index is -0.233. The molecule has 0 N–H and O–H groups in total. The van der Waals surface area contributed by atoms with E-state index in [1.54, 1.807) is 18.2 Å². The lowest BCUT2D eigenvalue weighted by Crippen LogP contribution is -2.48. The van der Waals surface area contributed by atoms with E-state index < -0.39 is 0 Å². The number of anilines is 1. The van der Waals surface area contributed by atoms with Gasteiger partial charge in [0.05, 0.1) is 5.69 Å². The topological polar surface area (TPSA) is 41.4 Å². The smallest absolute Gasteiger partial charge is 0.246 e. The van der Waals surface area contributed by atoms with Crippen LogP contribution in [0.5, 0.6) is 0 Å². The predicted octanol–water partition coefficient (Wildman–Crippen LogP) is 2.54. The number of carbonyl (C=O) groups is 1. The normalized spacial score (nSPS) is 15.2. The maximum Gasteiger partial charge on any atom is 0.246 e. The molecular formula is C19H23FN4O. The van der Waals surface area contributed by atoms with Crippen LogP contribution in [0.2, 0.25) is 0 Å². The summed E-state index contributed by atoms with van der Waals surface area (Å²) in [7, 11) is 1.90. The van der Waals surface area contributed by atoms with E-state index in [-0.39, 0.29) is 11.7 Å². The lowest BCUT2D eigenvalue weighted by molar-refractivity contribution is -0.126. The Morgan fingerprint density at radius 2 is 1.76 bits per heavy atom. The van der Waals surface area contributed by atoms with Crippen molar-refractivity contribution in [2.24, 2.45) is 7.05 Å². The third-order valence-corrected chi connectivity index (χ3v) is 4.74. The standard InChI is InChI=1S/C19H23FN4O/c1-14-18(15(2)22(3)21-14)8-9-19(25)24-12-10-23(11-13-24)17-6-4-16(20)5-7-17/h4-9H,10-13H2,1-3H3/b9-8+. The quantitative estimate of drug-likeness (QED) is 0.805. The third-order valence-electron chi connectivity index (χ3n) is 4.74. The molecule has 3 rings (SSSR count). The average molecular weight is 342 g/mol. The van der Waals surface area contributed by atoms with Crippen LogP contribution in [0.15, 0.2) is 30.3 Å². The van der Waals surface area contributed by atoms with Crippen molar-refractivity contribution in [1.82, 2.24) is 14.7 Å². The molecule has 132 valence electrons. The molecule has 0 spiro atoms. The number of rotatable bonds is 3. The first-order chi connectivity index (χ1) is 12.0. The van der Waals surface area contributed by atoms with E-state index in [0.29, 0.717) is 13.1 Å². The Kier molecular flexibility index (Phi) is 4.88. The molecule has 5 nitrogen and oxygen atoms in total. The largest absolute Gasteiger partial charge is 0.368 e. The van der Waals surface area contributed by atoms with E-state index in [0.717, 1.165) is 35.7 Å². The number of piperazine rings is 1. The molecule has 1 aromatic carbocycles. The molecule has 1 aliphatic heterocycles. The number of aryl methyl sites for hydroxylation is 2. The Balaban J connectivity index is 1.60. The summed E-state index contributed by atoms with van der Waals surface area (Å²) in [6, 6.07) is 6.49. The summed E-state index contributed by atoms with van der Waals surface area (Å²) in [4.78, 5) is 16.4. The zero-order valence-electron chi connectivity index (χ0n) is 14.9. The second-order valence-electron chi connectivity index (χ2n) is 6.33. The molecule has 1 amide bonds. The Hall–Kier alpha value is -2.63. The molecule has 1 aromatic heterocycles. The van der Waals surface area contributed by atoms with Gasteiger partial charge in [0.1, 0.15) is 5.82 Å². The van der Waals surface area contributed by atoms with Crippen LogP contribution < -0.4 is 4.90 Å². The fraction of sp³-hybridized carbons (Fsp3) is 0.368. The minimum absolute atomic E-state index is 0.0152. The summed E-state index contributed by atoms with van der Waals surface area (Å²) >= 11 is 0. The van der Waals surface area contributed by atoms with Crippen molar-refractivity contribution < 1.29 is 9.18 Å². The summed E-state index contributed by atoms with van der Waals surface area (Å²) in [5.74, 6) is -0.218.